The van der Waals surface area contributed by atoms with Crippen LogP contribution in [0.3, 0.4) is 0 Å². The van der Waals surface area contributed by atoms with Crippen molar-refractivity contribution in [2.45, 2.75) is 19.8 Å². The van der Waals surface area contributed by atoms with E-state index in [4.69, 9.17) is 5.11 Å². The number of nitrogens with zero attached hydrogens (tertiary/aromatic N) is 1. The number of carboxylic acid groups (broad SMARTS) is 1. The Morgan fingerprint density at radius 1 is 1.82 bits per heavy atom. The van der Waals surface area contributed by atoms with Crippen molar-refractivity contribution in [2.75, 3.05) is 0 Å². The maximum Gasteiger partial charge on any atom is 0.303 e. The van der Waals surface area contributed by atoms with Gasteiger partial charge in [0, 0.05) is 11.8 Å². The van der Waals surface area contributed by atoms with E-state index in [0.717, 1.165) is 10.7 Å². The van der Waals surface area contributed by atoms with E-state index in [9.17, 15) is 4.79 Å². The molecule has 0 saturated carbocycles. The zero-order valence-electron chi connectivity index (χ0n) is 6.20. The van der Waals surface area contributed by atoms with E-state index in [1.165, 1.54) is 0 Å². The second-order valence-electron chi connectivity index (χ2n) is 2.25. The molecule has 0 saturated heterocycles. The van der Waals surface area contributed by atoms with Crippen LogP contribution in [0.2, 0.25) is 0 Å². The van der Waals surface area contributed by atoms with Crippen LogP contribution in [0.25, 0.3) is 0 Å². The molecular formula is C7H9NO2S. The average Bonchev–Trinajstić information content (AvgIpc) is 2.31. The van der Waals surface area contributed by atoms with Crippen LogP contribution in [0, 0.1) is 6.92 Å². The van der Waals surface area contributed by atoms with Crippen molar-refractivity contribution in [3.8, 4) is 0 Å². The third-order valence-corrected chi connectivity index (χ3v) is 2.08. The molecule has 1 N–H and O–H groups in total. The first-order chi connectivity index (χ1) is 5.18. The Morgan fingerprint density at radius 3 is 3.00 bits per heavy atom. The molecule has 0 unspecified atom stereocenters. The molecule has 0 fully saturated rings. The molecule has 0 aliphatic rings. The number of aromatic nitrogens is 1. The number of carbonyl (C=O) groups is 1. The van der Waals surface area contributed by atoms with Crippen LogP contribution in [0.5, 0.6) is 0 Å². The predicted molar refractivity (Wildman–Crippen MR) is 42.8 cm³/mol. The minimum Gasteiger partial charge on any atom is -0.481 e. The standard InChI is InChI=1S/C7H9NO2S/c1-5-8-6(4-11-5)2-3-7(9)10/h4H,2-3H2,1H3,(H,9,10). The number of aryl methyl sites for hydroxylation is 2. The second kappa shape index (κ2) is 3.48. The largest absolute Gasteiger partial charge is 0.481 e. The Labute approximate surface area is 68.7 Å². The highest BCUT2D eigenvalue weighted by atomic mass is 32.1. The minimum atomic E-state index is -0.768. The highest BCUT2D eigenvalue weighted by molar-refractivity contribution is 7.09. The van der Waals surface area contributed by atoms with Crippen molar-refractivity contribution in [1.29, 1.82) is 0 Å². The number of hydrogen-bond donors (Lipinski definition) is 1. The molecule has 3 nitrogen and oxygen atoms in total. The highest BCUT2D eigenvalue weighted by Crippen LogP contribution is 2.09. The molecule has 4 heteroatoms. The van der Waals surface area contributed by atoms with Gasteiger partial charge in [0.05, 0.1) is 17.1 Å². The van der Waals surface area contributed by atoms with Crippen LogP contribution in [0.4, 0.5) is 0 Å². The van der Waals surface area contributed by atoms with Gasteiger partial charge in [0.15, 0.2) is 0 Å². The summed E-state index contributed by atoms with van der Waals surface area (Å²) >= 11 is 1.55. The molecule has 0 radical (unpaired) electrons. The Kier molecular flexibility index (Phi) is 2.59. The molecular weight excluding hydrogens is 162 g/mol. The third kappa shape index (κ3) is 2.67. The van der Waals surface area contributed by atoms with Gasteiger partial charge in [-0.2, -0.15) is 0 Å². The Hall–Kier alpha value is -0.900. The highest BCUT2D eigenvalue weighted by Gasteiger charge is 2.01. The molecule has 1 heterocycles. The van der Waals surface area contributed by atoms with E-state index < -0.39 is 5.97 Å². The molecule has 0 bridgehead atoms. The normalized spacial score (nSPS) is 9.91. The van der Waals surface area contributed by atoms with Crippen molar-refractivity contribution in [3.63, 3.8) is 0 Å². The molecule has 0 aromatic carbocycles. The van der Waals surface area contributed by atoms with E-state index in [-0.39, 0.29) is 6.42 Å². The average molecular weight is 171 g/mol. The summed E-state index contributed by atoms with van der Waals surface area (Å²) in [5, 5.41) is 11.2. The number of carboxylic acids is 1. The molecule has 1 rings (SSSR count). The van der Waals surface area contributed by atoms with Crippen molar-refractivity contribution in [2.24, 2.45) is 0 Å². The lowest BCUT2D eigenvalue weighted by molar-refractivity contribution is -0.136. The molecule has 0 amide bonds. The van der Waals surface area contributed by atoms with Crippen LogP contribution >= 0.6 is 11.3 Å². The van der Waals surface area contributed by atoms with Gasteiger partial charge < -0.3 is 5.11 Å². The zero-order valence-corrected chi connectivity index (χ0v) is 7.02. The number of aliphatic carboxylic acids is 1. The van der Waals surface area contributed by atoms with E-state index in [2.05, 4.69) is 4.98 Å². The molecule has 1 aromatic heterocycles. The lowest BCUT2D eigenvalue weighted by Crippen LogP contribution is -1.97. The van der Waals surface area contributed by atoms with Gasteiger partial charge in [-0.1, -0.05) is 0 Å². The zero-order chi connectivity index (χ0) is 8.27. The smallest absolute Gasteiger partial charge is 0.303 e. The number of rotatable bonds is 3. The van der Waals surface area contributed by atoms with Crippen molar-refractivity contribution in [3.05, 3.63) is 16.1 Å². The van der Waals surface area contributed by atoms with E-state index >= 15 is 0 Å². The Bertz CT molecular complexity index is 257. The monoisotopic (exact) mass is 171 g/mol. The topological polar surface area (TPSA) is 50.2 Å². The summed E-state index contributed by atoms with van der Waals surface area (Å²) in [6.07, 6.45) is 0.711. The lowest BCUT2D eigenvalue weighted by Gasteiger charge is -1.89. The van der Waals surface area contributed by atoms with Crippen LogP contribution < -0.4 is 0 Å². The summed E-state index contributed by atoms with van der Waals surface area (Å²) in [5.41, 5.74) is 0.884. The van der Waals surface area contributed by atoms with E-state index in [1.807, 2.05) is 12.3 Å². The van der Waals surface area contributed by atoms with Crippen molar-refractivity contribution < 1.29 is 9.90 Å². The summed E-state index contributed by atoms with van der Waals surface area (Å²) < 4.78 is 0. The number of thiazole rings is 1. The first-order valence-corrected chi connectivity index (χ1v) is 4.19. The van der Waals surface area contributed by atoms with E-state index in [0.29, 0.717) is 6.42 Å². The fourth-order valence-electron chi connectivity index (χ4n) is 0.758. The Balaban J connectivity index is 2.45. The maximum absolute atomic E-state index is 10.2. The molecule has 0 aliphatic heterocycles. The maximum atomic E-state index is 10.2. The van der Waals surface area contributed by atoms with Gasteiger partial charge in [-0.05, 0) is 6.92 Å². The van der Waals surface area contributed by atoms with Crippen molar-refractivity contribution in [1.82, 2.24) is 4.98 Å². The molecule has 1 aromatic rings. The van der Waals surface area contributed by atoms with Gasteiger partial charge in [-0.3, -0.25) is 4.79 Å². The van der Waals surface area contributed by atoms with Crippen LogP contribution in [-0.4, -0.2) is 16.1 Å². The second-order valence-corrected chi connectivity index (χ2v) is 3.31. The number of hydrogen-bond acceptors (Lipinski definition) is 3. The summed E-state index contributed by atoms with van der Waals surface area (Å²) in [6.45, 7) is 1.91. The molecule has 0 aliphatic carbocycles. The van der Waals surface area contributed by atoms with Crippen LogP contribution in [0.15, 0.2) is 5.38 Å². The fraction of sp³-hybridized carbons (Fsp3) is 0.429. The van der Waals surface area contributed by atoms with Gasteiger partial charge in [0.25, 0.3) is 0 Å². The predicted octanol–water partition coefficient (Wildman–Crippen LogP) is 1.47. The SMILES string of the molecule is Cc1nc(CCC(=O)O)cs1. The Morgan fingerprint density at radius 2 is 2.55 bits per heavy atom. The fourth-order valence-corrected chi connectivity index (χ4v) is 1.41. The van der Waals surface area contributed by atoms with Gasteiger partial charge in [0.1, 0.15) is 0 Å². The summed E-state index contributed by atoms with van der Waals surface area (Å²) in [5.74, 6) is -0.768. The first-order valence-electron chi connectivity index (χ1n) is 3.31. The van der Waals surface area contributed by atoms with Crippen LogP contribution in [-0.2, 0) is 11.2 Å². The lowest BCUT2D eigenvalue weighted by atomic mass is 10.2. The summed E-state index contributed by atoms with van der Waals surface area (Å²) in [4.78, 5) is 14.3. The molecule has 11 heavy (non-hydrogen) atoms. The minimum absolute atomic E-state index is 0.170. The van der Waals surface area contributed by atoms with Gasteiger partial charge in [0.2, 0.25) is 0 Å². The summed E-state index contributed by atoms with van der Waals surface area (Å²) in [6, 6.07) is 0. The molecule has 0 atom stereocenters. The van der Waals surface area contributed by atoms with Gasteiger partial charge in [-0.25, -0.2) is 4.98 Å². The van der Waals surface area contributed by atoms with Gasteiger partial charge in [-0.15, -0.1) is 11.3 Å². The van der Waals surface area contributed by atoms with Crippen LogP contribution in [0.1, 0.15) is 17.1 Å². The third-order valence-electron chi connectivity index (χ3n) is 1.26. The van der Waals surface area contributed by atoms with Crippen molar-refractivity contribution >= 4 is 17.3 Å². The molecule has 60 valence electrons. The first kappa shape index (κ1) is 8.20. The summed E-state index contributed by atoms with van der Waals surface area (Å²) in [7, 11) is 0. The quantitative estimate of drug-likeness (QED) is 0.749. The van der Waals surface area contributed by atoms with E-state index in [1.54, 1.807) is 11.3 Å². The van der Waals surface area contributed by atoms with Gasteiger partial charge >= 0.3 is 5.97 Å². The molecule has 0 spiro atoms.